The lowest BCUT2D eigenvalue weighted by Gasteiger charge is -2.49. The molecule has 0 radical (unpaired) electrons. The fourth-order valence-electron chi connectivity index (χ4n) is 3.50. The summed E-state index contributed by atoms with van der Waals surface area (Å²) in [6.07, 6.45) is 5.79. The Labute approximate surface area is 98.3 Å². The van der Waals surface area contributed by atoms with Crippen molar-refractivity contribution < 1.29 is 0 Å². The molecular weight excluding hydrogens is 194 g/mol. The van der Waals surface area contributed by atoms with Gasteiger partial charge in [-0.2, -0.15) is 0 Å². The molecule has 1 spiro atoms. The molecule has 0 heterocycles. The Bertz CT molecular complexity index is 356. The monoisotopic (exact) mass is 215 g/mol. The molecule has 2 aliphatic rings. The highest BCUT2D eigenvalue weighted by Crippen LogP contribution is 2.68. The van der Waals surface area contributed by atoms with Crippen molar-refractivity contribution in [2.45, 2.75) is 38.0 Å². The molecule has 0 bridgehead atoms. The van der Waals surface area contributed by atoms with Crippen LogP contribution in [-0.4, -0.2) is 13.1 Å². The zero-order valence-electron chi connectivity index (χ0n) is 10.1. The summed E-state index contributed by atoms with van der Waals surface area (Å²) in [5.41, 5.74) is 2.77. The second-order valence-corrected chi connectivity index (χ2v) is 5.78. The van der Waals surface area contributed by atoms with Gasteiger partial charge < -0.3 is 5.32 Å². The van der Waals surface area contributed by atoms with Gasteiger partial charge in [0.2, 0.25) is 0 Å². The SMILES string of the molecule is CCNCC1(c2ccccc2)CC2(CC2)C1. The minimum Gasteiger partial charge on any atom is -0.316 e. The van der Waals surface area contributed by atoms with Gasteiger partial charge >= 0.3 is 0 Å². The molecule has 1 aromatic rings. The third kappa shape index (κ3) is 1.58. The van der Waals surface area contributed by atoms with Crippen LogP contribution in [0.15, 0.2) is 30.3 Å². The fourth-order valence-corrected chi connectivity index (χ4v) is 3.50. The van der Waals surface area contributed by atoms with E-state index in [0.29, 0.717) is 5.41 Å². The van der Waals surface area contributed by atoms with Gasteiger partial charge in [0.15, 0.2) is 0 Å². The molecule has 16 heavy (non-hydrogen) atoms. The summed E-state index contributed by atoms with van der Waals surface area (Å²) in [7, 11) is 0. The maximum Gasteiger partial charge on any atom is 0.00883 e. The molecule has 1 N–H and O–H groups in total. The molecule has 0 aliphatic heterocycles. The first kappa shape index (κ1) is 10.3. The Morgan fingerprint density at radius 2 is 1.81 bits per heavy atom. The molecule has 2 aliphatic carbocycles. The first-order chi connectivity index (χ1) is 7.79. The van der Waals surface area contributed by atoms with E-state index in [1.165, 1.54) is 25.7 Å². The van der Waals surface area contributed by atoms with Crippen LogP contribution in [0.25, 0.3) is 0 Å². The van der Waals surface area contributed by atoms with E-state index < -0.39 is 0 Å². The Morgan fingerprint density at radius 3 is 2.38 bits per heavy atom. The van der Waals surface area contributed by atoms with E-state index in [-0.39, 0.29) is 0 Å². The average Bonchev–Trinajstić information content (AvgIpc) is 3.06. The molecule has 3 rings (SSSR count). The minimum atomic E-state index is 0.452. The molecule has 1 nitrogen and oxygen atoms in total. The van der Waals surface area contributed by atoms with Crippen LogP contribution < -0.4 is 5.32 Å². The summed E-state index contributed by atoms with van der Waals surface area (Å²) in [5.74, 6) is 0. The molecule has 0 amide bonds. The molecule has 1 heteroatoms. The van der Waals surface area contributed by atoms with Gasteiger partial charge in [0.1, 0.15) is 0 Å². The highest BCUT2D eigenvalue weighted by atomic mass is 14.9. The van der Waals surface area contributed by atoms with Crippen molar-refractivity contribution >= 4 is 0 Å². The summed E-state index contributed by atoms with van der Waals surface area (Å²) < 4.78 is 0. The maximum atomic E-state index is 3.56. The average molecular weight is 215 g/mol. The topological polar surface area (TPSA) is 12.0 Å². The van der Waals surface area contributed by atoms with Gasteiger partial charge in [-0.05, 0) is 43.2 Å². The second-order valence-electron chi connectivity index (χ2n) is 5.78. The van der Waals surface area contributed by atoms with E-state index in [2.05, 4.69) is 42.6 Å². The molecule has 0 saturated heterocycles. The summed E-state index contributed by atoms with van der Waals surface area (Å²) in [4.78, 5) is 0. The van der Waals surface area contributed by atoms with Crippen LogP contribution in [0.1, 0.15) is 38.2 Å². The Morgan fingerprint density at radius 1 is 1.12 bits per heavy atom. The summed E-state index contributed by atoms with van der Waals surface area (Å²) in [6.45, 7) is 4.45. The summed E-state index contributed by atoms with van der Waals surface area (Å²) in [6, 6.07) is 11.1. The smallest absolute Gasteiger partial charge is 0.00883 e. The van der Waals surface area contributed by atoms with Crippen molar-refractivity contribution in [1.82, 2.24) is 5.32 Å². The van der Waals surface area contributed by atoms with Crippen molar-refractivity contribution in [3.63, 3.8) is 0 Å². The van der Waals surface area contributed by atoms with Crippen molar-refractivity contribution in [2.24, 2.45) is 5.41 Å². The Hall–Kier alpha value is -0.820. The number of likely N-dealkylation sites (N-methyl/N-ethyl adjacent to an activating group) is 1. The van der Waals surface area contributed by atoms with E-state index in [1.54, 1.807) is 5.56 Å². The number of hydrogen-bond donors (Lipinski definition) is 1. The molecule has 86 valence electrons. The zero-order valence-corrected chi connectivity index (χ0v) is 10.1. The highest BCUT2D eigenvalue weighted by molar-refractivity contribution is 5.33. The van der Waals surface area contributed by atoms with Gasteiger partial charge in [0.25, 0.3) is 0 Å². The predicted octanol–water partition coefficient (Wildman–Crippen LogP) is 3.11. The molecule has 0 aromatic heterocycles. The van der Waals surface area contributed by atoms with Crippen LogP contribution in [0.5, 0.6) is 0 Å². The van der Waals surface area contributed by atoms with Gasteiger partial charge in [-0.3, -0.25) is 0 Å². The number of nitrogens with one attached hydrogen (secondary N) is 1. The van der Waals surface area contributed by atoms with E-state index in [0.717, 1.165) is 18.5 Å². The van der Waals surface area contributed by atoms with Crippen LogP contribution in [0.3, 0.4) is 0 Å². The van der Waals surface area contributed by atoms with Crippen LogP contribution in [0, 0.1) is 5.41 Å². The third-order valence-corrected chi connectivity index (χ3v) is 4.48. The highest BCUT2D eigenvalue weighted by Gasteiger charge is 2.60. The van der Waals surface area contributed by atoms with Crippen molar-refractivity contribution in [2.75, 3.05) is 13.1 Å². The van der Waals surface area contributed by atoms with E-state index in [4.69, 9.17) is 0 Å². The zero-order chi connectivity index (χ0) is 11.1. The van der Waals surface area contributed by atoms with E-state index >= 15 is 0 Å². The lowest BCUT2D eigenvalue weighted by Crippen LogP contribution is -2.49. The van der Waals surface area contributed by atoms with E-state index in [1.807, 2.05) is 0 Å². The van der Waals surface area contributed by atoms with Crippen molar-refractivity contribution in [3.05, 3.63) is 35.9 Å². The van der Waals surface area contributed by atoms with Crippen molar-refractivity contribution in [1.29, 1.82) is 0 Å². The Balaban J connectivity index is 1.80. The van der Waals surface area contributed by atoms with Crippen LogP contribution in [0.4, 0.5) is 0 Å². The first-order valence-electron chi connectivity index (χ1n) is 6.55. The number of rotatable bonds is 4. The molecule has 2 saturated carbocycles. The van der Waals surface area contributed by atoms with Gasteiger partial charge in [-0.1, -0.05) is 37.3 Å². The molecule has 2 fully saturated rings. The third-order valence-electron chi connectivity index (χ3n) is 4.48. The lowest BCUT2D eigenvalue weighted by atomic mass is 9.56. The number of hydrogen-bond acceptors (Lipinski definition) is 1. The van der Waals surface area contributed by atoms with Crippen LogP contribution >= 0.6 is 0 Å². The first-order valence-corrected chi connectivity index (χ1v) is 6.55. The minimum absolute atomic E-state index is 0.452. The predicted molar refractivity (Wildman–Crippen MR) is 67.6 cm³/mol. The molecule has 0 atom stereocenters. The second kappa shape index (κ2) is 3.59. The van der Waals surface area contributed by atoms with Gasteiger partial charge in [-0.15, -0.1) is 0 Å². The van der Waals surface area contributed by atoms with Crippen LogP contribution in [0.2, 0.25) is 0 Å². The number of benzene rings is 1. The summed E-state index contributed by atoms with van der Waals surface area (Å²) in [5, 5.41) is 3.56. The molecular formula is C15H21N. The fraction of sp³-hybridized carbons (Fsp3) is 0.600. The largest absolute Gasteiger partial charge is 0.316 e. The van der Waals surface area contributed by atoms with Gasteiger partial charge in [0.05, 0.1) is 0 Å². The Kier molecular flexibility index (Phi) is 2.32. The standard InChI is InChI=1S/C15H21N/c1-2-16-12-15(10-14(11-15)8-9-14)13-6-4-3-5-7-13/h3-7,16H,2,8-12H2,1H3. The van der Waals surface area contributed by atoms with E-state index in [9.17, 15) is 0 Å². The normalized spacial score (nSPS) is 24.1. The molecule has 1 aromatic carbocycles. The van der Waals surface area contributed by atoms with Gasteiger partial charge in [0, 0.05) is 12.0 Å². The summed E-state index contributed by atoms with van der Waals surface area (Å²) >= 11 is 0. The molecule has 0 unspecified atom stereocenters. The van der Waals surface area contributed by atoms with Crippen molar-refractivity contribution in [3.8, 4) is 0 Å². The van der Waals surface area contributed by atoms with Gasteiger partial charge in [-0.25, -0.2) is 0 Å². The van der Waals surface area contributed by atoms with Crippen LogP contribution in [-0.2, 0) is 5.41 Å². The quantitative estimate of drug-likeness (QED) is 0.813. The lowest BCUT2D eigenvalue weighted by molar-refractivity contribution is 0.117. The maximum absolute atomic E-state index is 3.56.